The molecule has 0 aliphatic carbocycles. The van der Waals surface area contributed by atoms with E-state index >= 15 is 0 Å². The van der Waals surface area contributed by atoms with Crippen LogP contribution in [0.1, 0.15) is 223 Å². The Bertz CT molecular complexity index is 1390. The van der Waals surface area contributed by atoms with E-state index in [9.17, 15) is 9.59 Å². The van der Waals surface area contributed by atoms with Crippen LogP contribution < -0.4 is 5.32 Å². The first kappa shape index (κ1) is 56.0. The van der Waals surface area contributed by atoms with Crippen molar-refractivity contribution in [1.82, 2.24) is 10.2 Å². The zero-order valence-corrected chi connectivity index (χ0v) is 41.2. The second-order valence-electron chi connectivity index (χ2n) is 18.8. The Morgan fingerprint density at radius 2 is 1.16 bits per heavy atom. The first-order valence-electron chi connectivity index (χ1n) is 25.9. The quantitative estimate of drug-likeness (QED) is 0.0532. The predicted molar refractivity (Wildman–Crippen MR) is 268 cm³/mol. The van der Waals surface area contributed by atoms with Gasteiger partial charge >= 0.3 is 6.09 Å². The number of unbranched alkanes of at least 4 members (excludes halogenated alkanes) is 18. The van der Waals surface area contributed by atoms with Gasteiger partial charge in [0.1, 0.15) is 5.60 Å². The van der Waals surface area contributed by atoms with E-state index < -0.39 is 5.60 Å². The monoisotopic (exact) mass is 875 g/mol. The van der Waals surface area contributed by atoms with E-state index in [1.807, 2.05) is 39.0 Å². The number of carbonyl (C=O) groups is 2. The number of amides is 2. The molecule has 2 amide bonds. The van der Waals surface area contributed by atoms with Gasteiger partial charge in [-0.05, 0) is 134 Å². The number of benzene rings is 1. The molecule has 0 aromatic heterocycles. The molecule has 7 heteroatoms. The van der Waals surface area contributed by atoms with E-state index in [0.717, 1.165) is 57.1 Å². The van der Waals surface area contributed by atoms with Crippen LogP contribution in [0.4, 0.5) is 4.79 Å². The van der Waals surface area contributed by atoms with Gasteiger partial charge in [-0.3, -0.25) is 4.79 Å². The van der Waals surface area contributed by atoms with E-state index in [2.05, 4.69) is 73.8 Å². The van der Waals surface area contributed by atoms with Crippen LogP contribution in [0, 0.1) is 0 Å². The van der Waals surface area contributed by atoms with Crippen molar-refractivity contribution in [3.63, 3.8) is 0 Å². The fourth-order valence-corrected chi connectivity index (χ4v) is 7.88. The second kappa shape index (κ2) is 38.1. The highest BCUT2D eigenvalue weighted by atomic mass is 16.6. The third-order valence-corrected chi connectivity index (χ3v) is 11.7. The molecule has 1 N–H and O–H groups in total. The van der Waals surface area contributed by atoms with Crippen LogP contribution >= 0.6 is 0 Å². The lowest BCUT2D eigenvalue weighted by atomic mass is 9.88. The average molecular weight is 875 g/mol. The van der Waals surface area contributed by atoms with Crippen LogP contribution in [0.3, 0.4) is 0 Å². The zero-order valence-electron chi connectivity index (χ0n) is 41.2. The van der Waals surface area contributed by atoms with Gasteiger partial charge in [-0.1, -0.05) is 152 Å². The number of nitrogens with one attached hydrogen (secondary N) is 1. The number of carbonyl (C=O) groups excluding carboxylic acids is 2. The first-order valence-corrected chi connectivity index (χ1v) is 25.9. The third-order valence-electron chi connectivity index (χ3n) is 11.7. The van der Waals surface area contributed by atoms with Crippen LogP contribution in [0.25, 0.3) is 0 Å². The van der Waals surface area contributed by atoms with Gasteiger partial charge in [0.15, 0.2) is 0 Å². The third kappa shape index (κ3) is 31.4. The normalized spacial score (nSPS) is 14.5. The molecule has 63 heavy (non-hydrogen) atoms. The molecular weight excluding hydrogens is 781 g/mol. The van der Waals surface area contributed by atoms with E-state index in [1.165, 1.54) is 122 Å². The molecule has 1 saturated heterocycles. The number of nitrogens with zero attached hydrogens (tertiary/aromatic N) is 1. The molecule has 1 aliphatic heterocycles. The largest absolute Gasteiger partial charge is 0.444 e. The molecule has 0 radical (unpaired) electrons. The molecule has 0 bridgehead atoms. The van der Waals surface area contributed by atoms with Crippen molar-refractivity contribution in [2.75, 3.05) is 39.5 Å². The Hall–Kier alpha value is -3.16. The highest BCUT2D eigenvalue weighted by Crippen LogP contribution is 2.29. The maximum Gasteiger partial charge on any atom is 0.410 e. The van der Waals surface area contributed by atoms with Crippen LogP contribution in [-0.4, -0.2) is 68.1 Å². The molecule has 7 nitrogen and oxygen atoms in total. The molecule has 0 spiro atoms. The molecule has 1 aromatic carbocycles. The fraction of sp³-hybridized carbons (Fsp3) is 0.714. The number of piperidine rings is 1. The lowest BCUT2D eigenvalue weighted by Crippen LogP contribution is -2.41. The molecule has 1 atom stereocenters. The summed E-state index contributed by atoms with van der Waals surface area (Å²) in [5.74, 6) is 0.213. The lowest BCUT2D eigenvalue weighted by molar-refractivity contribution is -0.0170. The number of likely N-dealkylation sites (tertiary alicyclic amines) is 1. The fourth-order valence-electron chi connectivity index (χ4n) is 7.88. The summed E-state index contributed by atoms with van der Waals surface area (Å²) in [5.41, 5.74) is 1.30. The summed E-state index contributed by atoms with van der Waals surface area (Å²) in [6.07, 6.45) is 49.2. The zero-order chi connectivity index (χ0) is 45.5. The van der Waals surface area contributed by atoms with Crippen molar-refractivity contribution in [1.29, 1.82) is 0 Å². The Morgan fingerprint density at radius 1 is 0.667 bits per heavy atom. The first-order chi connectivity index (χ1) is 30.7. The predicted octanol–water partition coefficient (Wildman–Crippen LogP) is 15.6. The molecule has 1 aromatic rings. The molecule has 1 aliphatic rings. The van der Waals surface area contributed by atoms with Crippen molar-refractivity contribution in [2.24, 2.45) is 0 Å². The van der Waals surface area contributed by atoms with Gasteiger partial charge in [0.2, 0.25) is 0 Å². The molecule has 358 valence electrons. The average Bonchev–Trinajstić information content (AvgIpc) is 3.27. The van der Waals surface area contributed by atoms with Crippen LogP contribution in [0.2, 0.25) is 0 Å². The molecule has 2 rings (SSSR count). The van der Waals surface area contributed by atoms with Gasteiger partial charge < -0.3 is 24.4 Å². The van der Waals surface area contributed by atoms with Gasteiger partial charge in [0, 0.05) is 38.4 Å². The molecule has 0 saturated carbocycles. The highest BCUT2D eigenvalue weighted by molar-refractivity contribution is 5.94. The SMILES string of the molecule is CCCCC/C=C\C/C=C\CCCCCCCCOCC(CNC(=O)c1cccc(C2CCN(C(=O)OC(C)(C)C)CC2)c1)OCCCCCCCC/C=C\C/C=C\CCCCC. The van der Waals surface area contributed by atoms with Crippen molar-refractivity contribution < 1.29 is 23.8 Å². The Balaban J connectivity index is 1.71. The van der Waals surface area contributed by atoms with Gasteiger partial charge in [-0.25, -0.2) is 4.79 Å². The van der Waals surface area contributed by atoms with Crippen molar-refractivity contribution in [3.8, 4) is 0 Å². The Morgan fingerprint density at radius 3 is 1.68 bits per heavy atom. The summed E-state index contributed by atoms with van der Waals surface area (Å²) in [6.45, 7) is 13.8. The highest BCUT2D eigenvalue weighted by Gasteiger charge is 2.28. The summed E-state index contributed by atoms with van der Waals surface area (Å²) in [5, 5.41) is 3.16. The summed E-state index contributed by atoms with van der Waals surface area (Å²) in [4.78, 5) is 27.8. The molecule has 1 heterocycles. The van der Waals surface area contributed by atoms with Gasteiger partial charge in [0.25, 0.3) is 5.91 Å². The van der Waals surface area contributed by atoms with Crippen molar-refractivity contribution >= 4 is 12.0 Å². The Kier molecular flexibility index (Phi) is 33.9. The summed E-state index contributed by atoms with van der Waals surface area (Å²) < 4.78 is 18.1. The van der Waals surface area contributed by atoms with Gasteiger partial charge in [-0.2, -0.15) is 0 Å². The van der Waals surface area contributed by atoms with Crippen LogP contribution in [-0.2, 0) is 14.2 Å². The minimum Gasteiger partial charge on any atom is -0.444 e. The number of allylic oxidation sites excluding steroid dienone is 8. The molecule has 1 fully saturated rings. The van der Waals surface area contributed by atoms with E-state index in [4.69, 9.17) is 14.2 Å². The van der Waals surface area contributed by atoms with Crippen molar-refractivity contribution in [3.05, 3.63) is 84.0 Å². The Labute approximate surface area is 387 Å². The lowest BCUT2D eigenvalue weighted by Gasteiger charge is -2.33. The van der Waals surface area contributed by atoms with Crippen LogP contribution in [0.5, 0.6) is 0 Å². The number of rotatable bonds is 37. The number of hydrogen-bond acceptors (Lipinski definition) is 5. The standard InChI is InChI=1S/C56H94N2O5/c1-6-8-10-12-14-16-18-20-22-24-26-28-30-32-34-36-45-61-49-53(62-46-37-35-33-31-29-27-25-23-21-19-17-15-13-11-9-7-2)48-57-54(59)52-40-38-39-51(47-52)50-41-43-58(44-42-50)55(60)63-56(3,4)5/h14-17,20-23,38-40,47,50,53H,6-13,18-19,24-37,41-46,48-49H2,1-5H3,(H,57,59)/b16-14-,17-15-,22-20-,23-21-. The van der Waals surface area contributed by atoms with E-state index in [-0.39, 0.29) is 18.1 Å². The maximum atomic E-state index is 13.4. The minimum atomic E-state index is -0.503. The molecule has 1 unspecified atom stereocenters. The second-order valence-corrected chi connectivity index (χ2v) is 18.8. The van der Waals surface area contributed by atoms with Gasteiger partial charge in [-0.15, -0.1) is 0 Å². The van der Waals surface area contributed by atoms with Gasteiger partial charge in [0.05, 0.1) is 12.7 Å². The van der Waals surface area contributed by atoms with E-state index in [1.54, 1.807) is 4.90 Å². The molecular formula is C56H94N2O5. The van der Waals surface area contributed by atoms with Crippen molar-refractivity contribution in [2.45, 2.75) is 219 Å². The summed E-state index contributed by atoms with van der Waals surface area (Å²) in [7, 11) is 0. The minimum absolute atomic E-state index is 0.0875. The summed E-state index contributed by atoms with van der Waals surface area (Å²) in [6, 6.07) is 7.98. The topological polar surface area (TPSA) is 77.1 Å². The van der Waals surface area contributed by atoms with E-state index in [0.29, 0.717) is 44.3 Å². The maximum absolute atomic E-state index is 13.4. The summed E-state index contributed by atoms with van der Waals surface area (Å²) >= 11 is 0. The smallest absolute Gasteiger partial charge is 0.410 e. The number of ether oxygens (including phenoxy) is 3. The van der Waals surface area contributed by atoms with Crippen LogP contribution in [0.15, 0.2) is 72.9 Å². The number of hydrogen-bond donors (Lipinski definition) is 1.